The number of fused-ring (bicyclic) bond motifs is 1. The molecule has 0 N–H and O–H groups in total. The van der Waals surface area contributed by atoms with Crippen LogP contribution in [-0.4, -0.2) is 25.2 Å². The van der Waals surface area contributed by atoms with Crippen LogP contribution < -0.4 is 0 Å². The second-order valence-electron chi connectivity index (χ2n) is 9.50. The van der Waals surface area contributed by atoms with Crippen molar-refractivity contribution in [3.8, 4) is 0 Å². The van der Waals surface area contributed by atoms with Crippen molar-refractivity contribution in [1.82, 2.24) is 0 Å². The van der Waals surface area contributed by atoms with E-state index >= 15 is 0 Å². The Hall–Kier alpha value is -2.04. The van der Waals surface area contributed by atoms with E-state index in [1.165, 1.54) is 24.0 Å². The zero-order chi connectivity index (χ0) is 21.8. The van der Waals surface area contributed by atoms with Crippen molar-refractivity contribution in [2.45, 2.75) is 72.6 Å². The Morgan fingerprint density at radius 2 is 1.97 bits per heavy atom. The van der Waals surface area contributed by atoms with Gasteiger partial charge in [-0.15, -0.1) is 0 Å². The summed E-state index contributed by atoms with van der Waals surface area (Å²) in [5.41, 5.74) is 2.73. The molecule has 1 saturated carbocycles. The first kappa shape index (κ1) is 22.6. The summed E-state index contributed by atoms with van der Waals surface area (Å²) in [4.78, 5) is 23.6. The molecule has 1 aromatic rings. The molecule has 0 bridgehead atoms. The molecule has 3 rings (SSSR count). The molecule has 2 aliphatic rings. The third-order valence-electron chi connectivity index (χ3n) is 7.88. The fourth-order valence-electron chi connectivity index (χ4n) is 5.81. The first-order valence-electron chi connectivity index (χ1n) is 11.3. The second-order valence-corrected chi connectivity index (χ2v) is 9.50. The first-order chi connectivity index (χ1) is 14.3. The molecule has 0 radical (unpaired) electrons. The van der Waals surface area contributed by atoms with E-state index in [0.29, 0.717) is 11.8 Å². The number of carbonyl (C=O) groups is 2. The minimum Gasteiger partial charge on any atom is -0.472 e. The molecule has 1 heterocycles. The van der Waals surface area contributed by atoms with E-state index in [2.05, 4.69) is 32.9 Å². The maximum absolute atomic E-state index is 12.1. The summed E-state index contributed by atoms with van der Waals surface area (Å²) in [6, 6.07) is 2.06. The predicted molar refractivity (Wildman–Crippen MR) is 115 cm³/mol. The highest BCUT2D eigenvalue weighted by Gasteiger charge is 2.53. The van der Waals surface area contributed by atoms with Gasteiger partial charge in [0, 0.05) is 0 Å². The predicted octanol–water partition coefficient (Wildman–Crippen LogP) is 5.49. The van der Waals surface area contributed by atoms with Crippen molar-refractivity contribution in [3.63, 3.8) is 0 Å². The number of hydrogen-bond donors (Lipinski definition) is 0. The lowest BCUT2D eigenvalue weighted by molar-refractivity contribution is -0.154. The molecule has 0 amide bonds. The Bertz CT molecular complexity index is 765. The highest BCUT2D eigenvalue weighted by Crippen LogP contribution is 2.61. The van der Waals surface area contributed by atoms with Gasteiger partial charge in [-0.25, -0.2) is 0 Å². The average Bonchev–Trinajstić information content (AvgIpc) is 3.22. The number of esters is 2. The highest BCUT2D eigenvalue weighted by molar-refractivity contribution is 5.91. The molecule has 0 aromatic carbocycles. The fraction of sp³-hybridized carbons (Fsp3) is 0.680. The normalized spacial score (nSPS) is 30.9. The molecule has 0 spiro atoms. The molecule has 0 unspecified atom stereocenters. The number of ether oxygens (including phenoxy) is 2. The van der Waals surface area contributed by atoms with Crippen molar-refractivity contribution >= 4 is 11.9 Å². The van der Waals surface area contributed by atoms with E-state index in [4.69, 9.17) is 13.9 Å². The fourth-order valence-corrected chi connectivity index (χ4v) is 5.81. The molecular weight excluding hydrogens is 380 g/mol. The zero-order valence-corrected chi connectivity index (χ0v) is 18.9. The number of carbonyl (C=O) groups excluding carboxylic acids is 2. The van der Waals surface area contributed by atoms with Crippen LogP contribution in [0.2, 0.25) is 0 Å². The molecule has 1 fully saturated rings. The van der Waals surface area contributed by atoms with Crippen LogP contribution >= 0.6 is 0 Å². The summed E-state index contributed by atoms with van der Waals surface area (Å²) in [6.45, 7) is 9.47. The molecule has 1 aromatic heterocycles. The van der Waals surface area contributed by atoms with Crippen LogP contribution in [0, 0.1) is 22.7 Å². The van der Waals surface area contributed by atoms with Crippen molar-refractivity contribution in [1.29, 1.82) is 0 Å². The number of rotatable bonds is 8. The van der Waals surface area contributed by atoms with Crippen LogP contribution in [0.25, 0.3) is 0 Å². The minimum atomic E-state index is -0.525. The Balaban J connectivity index is 1.69. The summed E-state index contributed by atoms with van der Waals surface area (Å²) >= 11 is 0. The van der Waals surface area contributed by atoms with Crippen LogP contribution in [0.1, 0.15) is 71.8 Å². The van der Waals surface area contributed by atoms with E-state index in [-0.39, 0.29) is 30.5 Å². The number of furan rings is 1. The van der Waals surface area contributed by atoms with Crippen LogP contribution in [-0.2, 0) is 25.5 Å². The molecule has 2 aliphatic carbocycles. The Kier molecular flexibility index (Phi) is 7.10. The number of hydrogen-bond acceptors (Lipinski definition) is 5. The molecular formula is C25H36O5. The second kappa shape index (κ2) is 9.40. The standard InChI is InChI=1S/C25H36O5/c1-5-29-22(26)15-23(27)30-17-20-7-6-8-21-24(3,13-10-19-11-14-28-16-19)18(2)9-12-25(20,21)4/h7,11,14,16,18,21H,5-6,8-10,12-13,15,17H2,1-4H3/t18-,21-,24+,25+/m1/s1. The van der Waals surface area contributed by atoms with Gasteiger partial charge < -0.3 is 13.9 Å². The van der Waals surface area contributed by atoms with E-state index in [1.807, 2.05) is 6.26 Å². The van der Waals surface area contributed by atoms with Crippen LogP contribution in [0.4, 0.5) is 0 Å². The molecule has 5 heteroatoms. The van der Waals surface area contributed by atoms with Crippen LogP contribution in [0.5, 0.6) is 0 Å². The lowest BCUT2D eigenvalue weighted by atomic mass is 9.47. The van der Waals surface area contributed by atoms with Gasteiger partial charge in [0.15, 0.2) is 0 Å². The van der Waals surface area contributed by atoms with Crippen molar-refractivity contribution in [2.24, 2.45) is 22.7 Å². The van der Waals surface area contributed by atoms with Gasteiger partial charge >= 0.3 is 11.9 Å². The molecule has 0 aliphatic heterocycles. The van der Waals surface area contributed by atoms with Gasteiger partial charge in [0.1, 0.15) is 13.0 Å². The number of aryl methyl sites for hydroxylation is 1. The van der Waals surface area contributed by atoms with E-state index in [0.717, 1.165) is 25.7 Å². The lowest BCUT2D eigenvalue weighted by Gasteiger charge is -2.58. The first-order valence-corrected chi connectivity index (χ1v) is 11.3. The highest BCUT2D eigenvalue weighted by atomic mass is 16.6. The maximum atomic E-state index is 12.1. The molecule has 166 valence electrons. The summed E-state index contributed by atoms with van der Waals surface area (Å²) in [5.74, 6) is 0.159. The molecule has 5 nitrogen and oxygen atoms in total. The van der Waals surface area contributed by atoms with Crippen LogP contribution in [0.15, 0.2) is 34.7 Å². The van der Waals surface area contributed by atoms with E-state index in [9.17, 15) is 9.59 Å². The summed E-state index contributed by atoms with van der Waals surface area (Å²) < 4.78 is 15.6. The smallest absolute Gasteiger partial charge is 0.317 e. The average molecular weight is 417 g/mol. The van der Waals surface area contributed by atoms with Gasteiger partial charge in [-0.05, 0) is 85.3 Å². The molecule has 30 heavy (non-hydrogen) atoms. The van der Waals surface area contributed by atoms with Gasteiger partial charge in [0.25, 0.3) is 0 Å². The summed E-state index contributed by atoms with van der Waals surface area (Å²) in [6.07, 6.45) is 12.2. The lowest BCUT2D eigenvalue weighted by Crippen LogP contribution is -2.50. The van der Waals surface area contributed by atoms with Gasteiger partial charge in [-0.3, -0.25) is 9.59 Å². The van der Waals surface area contributed by atoms with Gasteiger partial charge in [0.2, 0.25) is 0 Å². The monoisotopic (exact) mass is 416 g/mol. The SMILES string of the molecule is CCOC(=O)CC(=O)OCC1=CCC[C@@H]2[C@@](C)(CCc3ccoc3)[C@H](C)CC[C@@]12C. The van der Waals surface area contributed by atoms with E-state index in [1.54, 1.807) is 13.2 Å². The van der Waals surface area contributed by atoms with Gasteiger partial charge in [-0.2, -0.15) is 0 Å². The quantitative estimate of drug-likeness (QED) is 0.319. The van der Waals surface area contributed by atoms with Crippen LogP contribution in [0.3, 0.4) is 0 Å². The summed E-state index contributed by atoms with van der Waals surface area (Å²) in [5, 5.41) is 0. The Morgan fingerprint density at radius 3 is 2.67 bits per heavy atom. The zero-order valence-electron chi connectivity index (χ0n) is 18.9. The van der Waals surface area contributed by atoms with Crippen molar-refractivity contribution in [3.05, 3.63) is 35.8 Å². The third kappa shape index (κ3) is 4.65. The Morgan fingerprint density at radius 1 is 1.20 bits per heavy atom. The molecule has 4 atom stereocenters. The largest absolute Gasteiger partial charge is 0.472 e. The maximum Gasteiger partial charge on any atom is 0.317 e. The Labute approximate surface area is 180 Å². The number of allylic oxidation sites excluding steroid dienone is 1. The van der Waals surface area contributed by atoms with E-state index < -0.39 is 11.9 Å². The third-order valence-corrected chi connectivity index (χ3v) is 7.88. The molecule has 0 saturated heterocycles. The minimum absolute atomic E-state index is 0.0279. The van der Waals surface area contributed by atoms with Gasteiger partial charge in [0.05, 0.1) is 19.1 Å². The van der Waals surface area contributed by atoms with Crippen molar-refractivity contribution in [2.75, 3.05) is 13.2 Å². The topological polar surface area (TPSA) is 65.7 Å². The van der Waals surface area contributed by atoms with Gasteiger partial charge in [-0.1, -0.05) is 26.8 Å². The summed E-state index contributed by atoms with van der Waals surface area (Å²) in [7, 11) is 0. The van der Waals surface area contributed by atoms with Crippen molar-refractivity contribution < 1.29 is 23.5 Å².